The van der Waals surface area contributed by atoms with Gasteiger partial charge in [-0.05, 0) is 97.2 Å². The number of ether oxygens (including phenoxy) is 1. The molecule has 0 saturated carbocycles. The number of nitrogens with zero attached hydrogens (tertiary/aromatic N) is 1. The molecule has 3 heterocycles. The molecule has 2 saturated heterocycles. The molecule has 41 heavy (non-hydrogen) atoms. The Morgan fingerprint density at radius 2 is 1.49 bits per heavy atom. The van der Waals surface area contributed by atoms with Crippen LogP contribution < -0.4 is 4.74 Å². The van der Waals surface area contributed by atoms with E-state index in [1.54, 1.807) is 36.4 Å². The molecule has 6 rings (SSSR count). The van der Waals surface area contributed by atoms with E-state index in [9.17, 15) is 24.6 Å². The number of hydrogen-bond acceptors (Lipinski definition) is 9. The Morgan fingerprint density at radius 1 is 0.854 bits per heavy atom. The molecule has 3 aliphatic rings. The monoisotopic (exact) mass is 579 g/mol. The minimum atomic E-state index is -3.26. The van der Waals surface area contributed by atoms with Gasteiger partial charge in [0.1, 0.15) is 28.8 Å². The lowest BCUT2D eigenvalue weighted by atomic mass is 9.94. The van der Waals surface area contributed by atoms with E-state index in [1.165, 1.54) is 49.6 Å². The summed E-state index contributed by atoms with van der Waals surface area (Å²) in [6, 6.07) is 17.0. The zero-order valence-electron chi connectivity index (χ0n) is 22.0. The Bertz CT molecular complexity index is 1510. The zero-order chi connectivity index (χ0) is 27.9. The average molecular weight is 580 g/mol. The summed E-state index contributed by atoms with van der Waals surface area (Å²) < 4.78 is 17.1. The summed E-state index contributed by atoms with van der Waals surface area (Å²) in [5.74, 6) is -2.27. The average Bonchev–Trinajstić information content (AvgIpc) is 3.41. The highest BCUT2D eigenvalue weighted by Gasteiger charge is 2.53. The fourth-order valence-electron chi connectivity index (χ4n) is 5.24. The van der Waals surface area contributed by atoms with E-state index < -0.39 is 28.3 Å². The smallest absolute Gasteiger partial charge is 0.442 e. The van der Waals surface area contributed by atoms with Crippen molar-refractivity contribution in [1.29, 1.82) is 0 Å². The Morgan fingerprint density at radius 3 is 2.15 bits per heavy atom. The minimum absolute atomic E-state index is 0. The normalized spacial score (nSPS) is 18.3. The van der Waals surface area contributed by atoms with Gasteiger partial charge in [-0.3, -0.25) is 9.69 Å². The van der Waals surface area contributed by atoms with Crippen LogP contribution in [0.1, 0.15) is 40.7 Å². The Balaban J connectivity index is 0.00000337. The van der Waals surface area contributed by atoms with Gasteiger partial charge in [0.15, 0.2) is 5.78 Å². The first-order valence-electron chi connectivity index (χ1n) is 13.0. The zero-order valence-corrected chi connectivity index (χ0v) is 22.8. The highest BCUT2D eigenvalue weighted by molar-refractivity contribution is 8.35. The number of rotatable bonds is 7. The second-order valence-corrected chi connectivity index (χ2v) is 12.0. The number of fused-ring (bicyclic) bond motifs is 2. The summed E-state index contributed by atoms with van der Waals surface area (Å²) in [4.78, 5) is 41.6. The van der Waals surface area contributed by atoms with E-state index in [0.29, 0.717) is 29.0 Å². The third kappa shape index (κ3) is 5.15. The molecule has 11 heteroatoms. The van der Waals surface area contributed by atoms with Gasteiger partial charge in [-0.15, -0.1) is 0 Å². The number of phenols is 2. The van der Waals surface area contributed by atoms with Crippen LogP contribution in [-0.4, -0.2) is 64.6 Å². The molecular formula is C30H29NO9S. The molecule has 4 N–H and O–H groups in total. The summed E-state index contributed by atoms with van der Waals surface area (Å²) in [6.45, 7) is 3.56. The van der Waals surface area contributed by atoms with Crippen molar-refractivity contribution in [2.45, 2.75) is 24.2 Å². The number of Topliss-reactive ketones (excluding diaryl/α,β-unsaturated/α-hetero) is 1. The summed E-state index contributed by atoms with van der Waals surface area (Å²) in [5, 5.41) is 20.1. The van der Waals surface area contributed by atoms with Gasteiger partial charge in [0.25, 0.3) is 0 Å². The fourth-order valence-corrected chi connectivity index (χ4v) is 8.05. The Labute approximate surface area is 237 Å². The molecule has 2 fully saturated rings. The second kappa shape index (κ2) is 11.3. The van der Waals surface area contributed by atoms with Crippen LogP contribution in [0.15, 0.2) is 71.6 Å². The number of carbonyl (C=O) groups is 3. The maximum absolute atomic E-state index is 14.1. The summed E-state index contributed by atoms with van der Waals surface area (Å²) in [6.07, 6.45) is 3.70. The number of ketones is 1. The minimum Gasteiger partial charge on any atom is -0.508 e. The third-order valence-corrected chi connectivity index (χ3v) is 9.84. The molecule has 1 spiro atoms. The Hall–Kier alpha value is -4.32. The van der Waals surface area contributed by atoms with Crippen molar-refractivity contribution in [1.82, 2.24) is 4.90 Å². The molecule has 3 aliphatic heterocycles. The number of carbonyl (C=O) groups excluding carboxylic acids is 3. The number of benzene rings is 3. The topological polar surface area (TPSA) is 154 Å². The SMILES string of the molecule is O.O=C1OS2(OC1=O)C(c1ccc(O)cc1)=C(C(=O)c1ccc(OCCN3CCCCC3)cc1)c1ccc(O)cc12. The predicted molar refractivity (Wildman–Crippen MR) is 151 cm³/mol. The van der Waals surface area contributed by atoms with E-state index in [0.717, 1.165) is 19.6 Å². The van der Waals surface area contributed by atoms with Gasteiger partial charge in [-0.25, -0.2) is 9.59 Å². The van der Waals surface area contributed by atoms with Gasteiger partial charge in [0, 0.05) is 29.3 Å². The van der Waals surface area contributed by atoms with Gasteiger partial charge in [0.05, 0.1) is 10.5 Å². The molecule has 10 nitrogen and oxygen atoms in total. The van der Waals surface area contributed by atoms with Crippen molar-refractivity contribution < 1.29 is 43.2 Å². The van der Waals surface area contributed by atoms with Crippen LogP contribution in [0.3, 0.4) is 0 Å². The van der Waals surface area contributed by atoms with E-state index in [4.69, 9.17) is 13.1 Å². The number of allylic oxidation sites excluding steroid dienone is 1. The van der Waals surface area contributed by atoms with Crippen LogP contribution >= 0.6 is 10.6 Å². The molecule has 3 aromatic carbocycles. The van der Waals surface area contributed by atoms with Crippen molar-refractivity contribution in [2.75, 3.05) is 26.2 Å². The number of likely N-dealkylation sites (tertiary alicyclic amines) is 1. The number of hydrogen-bond donors (Lipinski definition) is 2. The molecule has 0 radical (unpaired) electrons. The molecule has 3 aromatic rings. The van der Waals surface area contributed by atoms with E-state index in [1.807, 2.05) is 0 Å². The van der Waals surface area contributed by atoms with Crippen molar-refractivity contribution in [3.8, 4) is 17.2 Å². The van der Waals surface area contributed by atoms with Crippen LogP contribution in [0.25, 0.3) is 10.5 Å². The Kier molecular flexibility index (Phi) is 7.76. The first-order chi connectivity index (χ1) is 19.4. The maximum atomic E-state index is 14.1. The number of aromatic hydroxyl groups is 2. The van der Waals surface area contributed by atoms with E-state index in [-0.39, 0.29) is 32.3 Å². The summed E-state index contributed by atoms with van der Waals surface area (Å²) in [5.41, 5.74) is 1.33. The van der Waals surface area contributed by atoms with Crippen LogP contribution in [0.2, 0.25) is 0 Å². The van der Waals surface area contributed by atoms with Crippen molar-refractivity contribution in [3.63, 3.8) is 0 Å². The van der Waals surface area contributed by atoms with Crippen LogP contribution in [0.5, 0.6) is 17.2 Å². The first-order valence-corrected chi connectivity index (χ1v) is 14.5. The molecule has 0 unspecified atom stereocenters. The van der Waals surface area contributed by atoms with Crippen LogP contribution in [-0.2, 0) is 18.0 Å². The van der Waals surface area contributed by atoms with Crippen molar-refractivity contribution in [2.24, 2.45) is 0 Å². The highest BCUT2D eigenvalue weighted by atomic mass is 32.3. The molecule has 0 amide bonds. The van der Waals surface area contributed by atoms with Gasteiger partial charge in [0.2, 0.25) is 0 Å². The first kappa shape index (κ1) is 28.2. The molecule has 0 bridgehead atoms. The van der Waals surface area contributed by atoms with E-state index in [2.05, 4.69) is 4.90 Å². The van der Waals surface area contributed by atoms with Crippen LogP contribution in [0, 0.1) is 0 Å². The molecule has 0 atom stereocenters. The largest absolute Gasteiger partial charge is 0.508 e. The predicted octanol–water partition coefficient (Wildman–Crippen LogP) is 4.00. The van der Waals surface area contributed by atoms with Gasteiger partial charge < -0.3 is 28.8 Å². The maximum Gasteiger partial charge on any atom is 0.442 e. The molecule has 0 aliphatic carbocycles. The van der Waals surface area contributed by atoms with Gasteiger partial charge >= 0.3 is 11.9 Å². The van der Waals surface area contributed by atoms with Crippen LogP contribution in [0.4, 0.5) is 0 Å². The lowest BCUT2D eigenvalue weighted by Crippen LogP contribution is -2.33. The lowest BCUT2D eigenvalue weighted by molar-refractivity contribution is -0.150. The molecule has 0 aromatic heterocycles. The highest BCUT2D eigenvalue weighted by Crippen LogP contribution is 2.76. The van der Waals surface area contributed by atoms with Crippen molar-refractivity contribution >= 4 is 38.8 Å². The van der Waals surface area contributed by atoms with Gasteiger partial charge in [-0.1, -0.05) is 6.42 Å². The molecule has 214 valence electrons. The quantitative estimate of drug-likeness (QED) is 0.312. The number of piperidine rings is 1. The molecular weight excluding hydrogens is 550 g/mol. The standard InChI is InChI=1S/C30H27NO8S.H2O/c32-21-8-4-20(5-9-21)28-26(24-13-10-22(33)18-25(24)40(28)38-29(35)30(36)39-40)27(34)19-6-11-23(12-7-19)37-17-16-31-14-2-1-3-15-31;/h4-13,18,32-33H,1-3,14-17H2;1H2. The third-order valence-electron chi connectivity index (χ3n) is 7.17. The van der Waals surface area contributed by atoms with E-state index >= 15 is 0 Å². The van der Waals surface area contributed by atoms with Crippen molar-refractivity contribution in [3.05, 3.63) is 83.4 Å². The van der Waals surface area contributed by atoms with Gasteiger partial charge in [-0.2, -0.15) is 0 Å². The number of phenolic OH excluding ortho intramolecular Hbond substituents is 2. The summed E-state index contributed by atoms with van der Waals surface area (Å²) >= 11 is 0. The second-order valence-electron chi connectivity index (χ2n) is 9.78. The lowest BCUT2D eigenvalue weighted by Gasteiger charge is -2.34. The fraction of sp³-hybridized carbons (Fsp3) is 0.233. The summed E-state index contributed by atoms with van der Waals surface area (Å²) in [7, 11) is -3.26.